The molecule has 0 bridgehead atoms. The number of pyridine rings is 1. The molecule has 1 aromatic heterocycles. The van der Waals surface area contributed by atoms with Gasteiger partial charge < -0.3 is 30.0 Å². The van der Waals surface area contributed by atoms with Crippen LogP contribution >= 0.6 is 19.1 Å². The highest BCUT2D eigenvalue weighted by Gasteiger charge is 2.35. The lowest BCUT2D eigenvalue weighted by Gasteiger charge is -2.25. The summed E-state index contributed by atoms with van der Waals surface area (Å²) in [5.74, 6) is -1.62. The first kappa shape index (κ1) is 26.4. The van der Waals surface area contributed by atoms with Crippen molar-refractivity contribution in [1.29, 1.82) is 0 Å². The van der Waals surface area contributed by atoms with Crippen molar-refractivity contribution in [3.63, 3.8) is 0 Å². The van der Waals surface area contributed by atoms with Crippen LogP contribution < -0.4 is 26.7 Å². The lowest BCUT2D eigenvalue weighted by molar-refractivity contribution is -0.119. The van der Waals surface area contributed by atoms with Gasteiger partial charge in [-0.2, -0.15) is 4.76 Å². The molecule has 4 N–H and O–H groups in total. The van der Waals surface area contributed by atoms with Crippen molar-refractivity contribution < 1.29 is 28.1 Å². The summed E-state index contributed by atoms with van der Waals surface area (Å²) >= 11 is 5.95. The van der Waals surface area contributed by atoms with Crippen molar-refractivity contribution in [1.82, 2.24) is 4.57 Å². The first-order valence-corrected chi connectivity index (χ1v) is 13.4. The molecular weight excluding hydrogens is 550 g/mol. The lowest BCUT2D eigenvalue weighted by Crippen LogP contribution is -2.33. The number of nitrogens with two attached hydrogens (primary N) is 1. The van der Waals surface area contributed by atoms with Crippen molar-refractivity contribution >= 4 is 52.8 Å². The SMILES string of the molecule is COP1(=O)N=C(c2c(O)c3ccccc3n(Cc3ccc(F)c(Cl)c3)c2=O)Nc2ccc(OCC(N)=O)cc21. The predicted octanol–water partition coefficient (Wildman–Crippen LogP) is 3.75. The number of hydrogen-bond donors (Lipinski definition) is 3. The Bertz CT molecular complexity index is 1790. The fourth-order valence-corrected chi connectivity index (χ4v) is 5.99. The summed E-state index contributed by atoms with van der Waals surface area (Å²) < 4.78 is 43.7. The molecule has 1 amide bonds. The number of halogens is 2. The molecule has 1 unspecified atom stereocenters. The zero-order chi connectivity index (χ0) is 27.9. The number of carbonyl (C=O) groups is 1. The number of amides is 1. The number of para-hydroxylation sites is 1. The Kier molecular flexibility index (Phi) is 6.90. The molecule has 0 fully saturated rings. The summed E-state index contributed by atoms with van der Waals surface area (Å²) in [7, 11) is -2.76. The van der Waals surface area contributed by atoms with E-state index < -0.39 is 24.8 Å². The van der Waals surface area contributed by atoms with E-state index in [9.17, 15) is 23.7 Å². The van der Waals surface area contributed by atoms with E-state index in [-0.39, 0.29) is 46.4 Å². The van der Waals surface area contributed by atoms with Gasteiger partial charge >= 0.3 is 7.52 Å². The summed E-state index contributed by atoms with van der Waals surface area (Å²) in [6.45, 7) is -0.388. The van der Waals surface area contributed by atoms with E-state index in [0.717, 1.165) is 0 Å². The fraction of sp³-hybridized carbons (Fsp3) is 0.115. The molecule has 10 nitrogen and oxygen atoms in total. The van der Waals surface area contributed by atoms with Gasteiger partial charge in [-0.05, 0) is 48.0 Å². The average molecular weight is 571 g/mol. The third-order valence-electron chi connectivity index (χ3n) is 6.09. The summed E-state index contributed by atoms with van der Waals surface area (Å²) in [6, 6.07) is 15.2. The summed E-state index contributed by atoms with van der Waals surface area (Å²) in [6.07, 6.45) is 0. The van der Waals surface area contributed by atoms with Crippen molar-refractivity contribution in [2.75, 3.05) is 19.0 Å². The van der Waals surface area contributed by atoms with Crippen LogP contribution in [0.2, 0.25) is 5.02 Å². The highest BCUT2D eigenvalue weighted by Crippen LogP contribution is 2.52. The number of fused-ring (bicyclic) bond motifs is 2. The van der Waals surface area contributed by atoms with Crippen LogP contribution in [0.4, 0.5) is 10.1 Å². The van der Waals surface area contributed by atoms with Crippen LogP contribution in [0.5, 0.6) is 11.5 Å². The lowest BCUT2D eigenvalue weighted by atomic mass is 10.1. The maximum absolute atomic E-state index is 13.9. The van der Waals surface area contributed by atoms with E-state index in [4.69, 9.17) is 26.6 Å². The van der Waals surface area contributed by atoms with Gasteiger partial charge in [0.25, 0.3) is 11.5 Å². The molecular formula is C26H21ClFN4O6P. The van der Waals surface area contributed by atoms with Crippen LogP contribution in [-0.2, 0) is 20.4 Å². The predicted molar refractivity (Wildman–Crippen MR) is 146 cm³/mol. The van der Waals surface area contributed by atoms with Gasteiger partial charge in [-0.15, -0.1) is 0 Å². The molecule has 200 valence electrons. The number of ether oxygens (including phenoxy) is 1. The first-order valence-electron chi connectivity index (χ1n) is 11.5. The quantitative estimate of drug-likeness (QED) is 0.287. The molecule has 1 atom stereocenters. The second-order valence-corrected chi connectivity index (χ2v) is 11.1. The number of primary amides is 1. The zero-order valence-electron chi connectivity index (χ0n) is 20.4. The molecule has 13 heteroatoms. The second kappa shape index (κ2) is 10.2. The van der Waals surface area contributed by atoms with Crippen LogP contribution in [0.3, 0.4) is 0 Å². The van der Waals surface area contributed by atoms with Crippen molar-refractivity contribution in [2.45, 2.75) is 6.54 Å². The summed E-state index contributed by atoms with van der Waals surface area (Å²) in [4.78, 5) is 24.9. The van der Waals surface area contributed by atoms with Gasteiger partial charge in [0.2, 0.25) is 0 Å². The number of benzene rings is 3. The Morgan fingerprint density at radius 1 is 1.21 bits per heavy atom. The molecule has 2 heterocycles. The summed E-state index contributed by atoms with van der Waals surface area (Å²) in [5.41, 5.74) is 5.49. The number of hydrogen-bond acceptors (Lipinski definition) is 7. The van der Waals surface area contributed by atoms with E-state index in [1.807, 2.05) is 0 Å². The van der Waals surface area contributed by atoms with Gasteiger partial charge in [0.05, 0.1) is 28.1 Å². The molecule has 3 aromatic carbocycles. The number of nitrogens with one attached hydrogen (secondary N) is 1. The van der Waals surface area contributed by atoms with E-state index in [0.29, 0.717) is 22.2 Å². The molecule has 1 aliphatic rings. The Morgan fingerprint density at radius 2 is 1.97 bits per heavy atom. The average Bonchev–Trinajstić information content (AvgIpc) is 2.92. The fourth-order valence-electron chi connectivity index (χ4n) is 4.27. The van der Waals surface area contributed by atoms with Gasteiger partial charge in [0, 0.05) is 12.5 Å². The number of carbonyl (C=O) groups excluding carboxylic acids is 1. The third-order valence-corrected chi connectivity index (χ3v) is 8.32. The largest absolute Gasteiger partial charge is 0.506 e. The maximum Gasteiger partial charge on any atom is 0.348 e. The van der Waals surface area contributed by atoms with Crippen LogP contribution in [0, 0.1) is 5.82 Å². The number of aromatic hydroxyl groups is 1. The second-order valence-electron chi connectivity index (χ2n) is 8.59. The normalized spacial score (nSPS) is 16.3. The van der Waals surface area contributed by atoms with Gasteiger partial charge in [0.1, 0.15) is 22.9 Å². The molecule has 0 saturated heterocycles. The van der Waals surface area contributed by atoms with Gasteiger partial charge in [-0.3, -0.25) is 14.2 Å². The summed E-state index contributed by atoms with van der Waals surface area (Å²) in [5, 5.41) is 14.5. The van der Waals surface area contributed by atoms with Crippen LogP contribution in [0.15, 0.2) is 70.2 Å². The van der Waals surface area contributed by atoms with Crippen LogP contribution in [0.25, 0.3) is 10.9 Å². The minimum absolute atomic E-state index is 0.000998. The standard InChI is InChI=1S/C26H21ClFN4O6P/c1-37-39(36)21-11-15(38-13-22(29)33)7-9-19(21)30-25(31-39)23-24(34)16-4-2-3-5-20(16)32(26(23)35)12-14-6-8-18(28)17(27)10-14/h2-11,34H,12-13H2,1H3,(H2,29,33)(H,30,31,36). The zero-order valence-corrected chi connectivity index (χ0v) is 22.0. The Morgan fingerprint density at radius 3 is 2.69 bits per heavy atom. The van der Waals surface area contributed by atoms with Crippen LogP contribution in [0.1, 0.15) is 11.1 Å². The molecule has 4 aromatic rings. The Labute approximate surface area is 226 Å². The Hall–Kier alpha value is -4.18. The molecule has 39 heavy (non-hydrogen) atoms. The molecule has 5 rings (SSSR count). The smallest absolute Gasteiger partial charge is 0.348 e. The molecule has 0 radical (unpaired) electrons. The molecule has 0 spiro atoms. The van der Waals surface area contributed by atoms with E-state index in [1.54, 1.807) is 24.3 Å². The van der Waals surface area contributed by atoms with Gasteiger partial charge in [-0.1, -0.05) is 29.8 Å². The minimum atomic E-state index is -3.96. The number of amidine groups is 1. The molecule has 0 saturated carbocycles. The highest BCUT2D eigenvalue weighted by molar-refractivity contribution is 7.66. The van der Waals surface area contributed by atoms with E-state index in [1.165, 1.54) is 48.1 Å². The minimum Gasteiger partial charge on any atom is -0.506 e. The molecule has 0 aliphatic carbocycles. The third kappa shape index (κ3) is 4.87. The van der Waals surface area contributed by atoms with Crippen LogP contribution in [-0.4, -0.2) is 35.1 Å². The number of nitrogens with zero attached hydrogens (tertiary/aromatic N) is 2. The van der Waals surface area contributed by atoms with Crippen molar-refractivity contribution in [2.24, 2.45) is 10.5 Å². The monoisotopic (exact) mass is 570 g/mol. The topological polar surface area (TPSA) is 145 Å². The first-order chi connectivity index (χ1) is 18.6. The van der Waals surface area contributed by atoms with Gasteiger partial charge in [-0.25, -0.2) is 4.39 Å². The van der Waals surface area contributed by atoms with E-state index >= 15 is 0 Å². The van der Waals surface area contributed by atoms with Crippen molar-refractivity contribution in [3.8, 4) is 11.5 Å². The number of aromatic nitrogens is 1. The van der Waals surface area contributed by atoms with Gasteiger partial charge in [0.15, 0.2) is 12.4 Å². The molecule has 1 aliphatic heterocycles. The highest BCUT2D eigenvalue weighted by atomic mass is 35.5. The Balaban J connectivity index is 1.66. The number of anilines is 1. The van der Waals surface area contributed by atoms with E-state index in [2.05, 4.69) is 10.1 Å². The number of rotatable bonds is 7. The maximum atomic E-state index is 13.9. The van der Waals surface area contributed by atoms with Crippen molar-refractivity contribution in [3.05, 3.63) is 93.0 Å².